The van der Waals surface area contributed by atoms with Crippen LogP contribution in [0.2, 0.25) is 0 Å². The van der Waals surface area contributed by atoms with Crippen LogP contribution in [0.25, 0.3) is 0 Å². The van der Waals surface area contributed by atoms with Crippen molar-refractivity contribution in [3.63, 3.8) is 0 Å². The Morgan fingerprint density at radius 2 is 1.71 bits per heavy atom. The smallest absolute Gasteiger partial charge is 0.0659 e. The lowest BCUT2D eigenvalue weighted by Crippen LogP contribution is -2.61. The zero-order chi connectivity index (χ0) is 24.8. The molecule has 0 heterocycles. The number of fused-ring (bicyclic) bond motifs is 5. The summed E-state index contributed by atoms with van der Waals surface area (Å²) in [5.74, 6) is 3.84. The van der Waals surface area contributed by atoms with Crippen LogP contribution in [-0.4, -0.2) is 45.3 Å². The van der Waals surface area contributed by atoms with E-state index in [1.54, 1.807) is 0 Å². The lowest BCUT2D eigenvalue weighted by atomic mass is 9.45. The van der Waals surface area contributed by atoms with Gasteiger partial charge in [0.05, 0.1) is 18.3 Å². The summed E-state index contributed by atoms with van der Waals surface area (Å²) in [6.07, 6.45) is 6.82. The molecule has 4 unspecified atom stereocenters. The number of hydrogen-bond acceptors (Lipinski definition) is 4. The molecule has 0 saturated heterocycles. The highest BCUT2D eigenvalue weighted by Gasteiger charge is 2.67. The Balaban J connectivity index is 1.44. The molecular formula is C30H50O4. The Kier molecular flexibility index (Phi) is 6.16. The molecule has 194 valence electrons. The maximum absolute atomic E-state index is 11.7. The minimum atomic E-state index is -0.618. The van der Waals surface area contributed by atoms with Crippen molar-refractivity contribution in [1.29, 1.82) is 0 Å². The molecule has 5 aliphatic rings. The molecule has 4 saturated carbocycles. The SMILES string of the molecule is CC(C)[C@@H](C)[C@@]1(C)C[C@H]1[C@@H](C)C1CCC2C3CC=C4C[C@@H](O)C[C@H](O)[C@]4(C)C3[C@H](O)C[C@@]21CO. The highest BCUT2D eigenvalue weighted by atomic mass is 16.3. The van der Waals surface area contributed by atoms with Crippen molar-refractivity contribution in [2.75, 3.05) is 6.61 Å². The summed E-state index contributed by atoms with van der Waals surface area (Å²) in [6.45, 7) is 14.3. The van der Waals surface area contributed by atoms with Crippen molar-refractivity contribution in [3.8, 4) is 0 Å². The van der Waals surface area contributed by atoms with Crippen LogP contribution in [0.1, 0.15) is 86.5 Å². The first-order valence-electron chi connectivity index (χ1n) is 14.3. The fourth-order valence-corrected chi connectivity index (χ4v) is 10.5. The highest BCUT2D eigenvalue weighted by molar-refractivity contribution is 5.29. The maximum atomic E-state index is 11.7. The van der Waals surface area contributed by atoms with E-state index >= 15 is 0 Å². The van der Waals surface area contributed by atoms with Gasteiger partial charge in [0.15, 0.2) is 0 Å². The summed E-state index contributed by atoms with van der Waals surface area (Å²) in [7, 11) is 0. The van der Waals surface area contributed by atoms with Gasteiger partial charge >= 0.3 is 0 Å². The van der Waals surface area contributed by atoms with Crippen LogP contribution in [0, 0.1) is 63.6 Å². The second-order valence-corrected chi connectivity index (χ2v) is 14.2. The van der Waals surface area contributed by atoms with Crippen LogP contribution in [-0.2, 0) is 0 Å². The van der Waals surface area contributed by atoms with E-state index in [0.29, 0.717) is 66.1 Å². The van der Waals surface area contributed by atoms with Gasteiger partial charge in [-0.25, -0.2) is 0 Å². The normalized spacial score (nSPS) is 54.0. The third-order valence-corrected chi connectivity index (χ3v) is 12.9. The van der Waals surface area contributed by atoms with Gasteiger partial charge in [0.25, 0.3) is 0 Å². The van der Waals surface area contributed by atoms with Crippen LogP contribution in [0.15, 0.2) is 11.6 Å². The Labute approximate surface area is 207 Å². The molecule has 13 atom stereocenters. The first-order chi connectivity index (χ1) is 15.9. The third kappa shape index (κ3) is 3.30. The number of rotatable bonds is 5. The van der Waals surface area contributed by atoms with Crippen LogP contribution in [0.3, 0.4) is 0 Å². The van der Waals surface area contributed by atoms with Crippen molar-refractivity contribution in [1.82, 2.24) is 0 Å². The molecular weight excluding hydrogens is 424 g/mol. The Hall–Kier alpha value is -0.420. The predicted molar refractivity (Wildman–Crippen MR) is 135 cm³/mol. The van der Waals surface area contributed by atoms with Crippen molar-refractivity contribution >= 4 is 0 Å². The average molecular weight is 475 g/mol. The standard InChI is InChI=1S/C30H50O4/c1-16(2)18(4)28(5)13-24(28)17(3)22-9-10-23-21-8-7-19-11-20(32)12-26(34)29(19,6)27(21)25(33)14-30(22,23)15-31/h7,16-18,20-27,31-34H,8-15H2,1-6H3/t17-,18+,20+,21?,22?,23?,24-,25+,26-,27?,28+,29+,30-/m0/s1. The molecule has 0 amide bonds. The Morgan fingerprint density at radius 3 is 2.35 bits per heavy atom. The van der Waals surface area contributed by atoms with E-state index in [2.05, 4.69) is 47.6 Å². The van der Waals surface area contributed by atoms with Crippen molar-refractivity contribution < 1.29 is 20.4 Å². The lowest BCUT2D eigenvalue weighted by molar-refractivity contribution is -0.173. The molecule has 4 fully saturated rings. The van der Waals surface area contributed by atoms with Gasteiger partial charge in [-0.1, -0.05) is 53.2 Å². The van der Waals surface area contributed by atoms with Crippen LogP contribution >= 0.6 is 0 Å². The van der Waals surface area contributed by atoms with E-state index in [1.807, 2.05) is 0 Å². The van der Waals surface area contributed by atoms with Gasteiger partial charge in [-0.05, 0) is 91.3 Å². The fraction of sp³-hybridized carbons (Fsp3) is 0.933. The Bertz CT molecular complexity index is 823. The molecule has 4 nitrogen and oxygen atoms in total. The van der Waals surface area contributed by atoms with Crippen LogP contribution < -0.4 is 0 Å². The molecule has 0 radical (unpaired) electrons. The topological polar surface area (TPSA) is 80.9 Å². The van der Waals surface area contributed by atoms with Gasteiger partial charge in [-0.2, -0.15) is 0 Å². The van der Waals surface area contributed by atoms with Gasteiger partial charge in [0, 0.05) is 23.9 Å². The first kappa shape index (κ1) is 25.2. The number of hydrogen-bond donors (Lipinski definition) is 4. The van der Waals surface area contributed by atoms with Gasteiger partial charge in [0.2, 0.25) is 0 Å². The van der Waals surface area contributed by atoms with Crippen molar-refractivity contribution in [2.24, 2.45) is 63.6 Å². The second-order valence-electron chi connectivity index (χ2n) is 14.2. The molecule has 0 aromatic carbocycles. The van der Waals surface area contributed by atoms with Crippen LogP contribution in [0.4, 0.5) is 0 Å². The number of aliphatic hydroxyl groups is 4. The number of aliphatic hydroxyl groups excluding tert-OH is 4. The monoisotopic (exact) mass is 474 g/mol. The van der Waals surface area contributed by atoms with Crippen molar-refractivity contribution in [2.45, 2.75) is 105 Å². The van der Waals surface area contributed by atoms with E-state index in [1.165, 1.54) is 6.42 Å². The van der Waals surface area contributed by atoms with Gasteiger partial charge in [-0.15, -0.1) is 0 Å². The van der Waals surface area contributed by atoms with E-state index < -0.39 is 23.7 Å². The molecule has 0 aromatic heterocycles. The Morgan fingerprint density at radius 1 is 1.00 bits per heavy atom. The van der Waals surface area contributed by atoms with Gasteiger partial charge < -0.3 is 20.4 Å². The zero-order valence-corrected chi connectivity index (χ0v) is 22.4. The maximum Gasteiger partial charge on any atom is 0.0659 e. The lowest BCUT2D eigenvalue weighted by Gasteiger charge is -2.61. The molecule has 34 heavy (non-hydrogen) atoms. The van der Waals surface area contributed by atoms with Gasteiger partial charge in [-0.3, -0.25) is 0 Å². The van der Waals surface area contributed by atoms with E-state index in [-0.39, 0.29) is 17.9 Å². The molecule has 0 bridgehead atoms. The zero-order valence-electron chi connectivity index (χ0n) is 22.4. The minimum absolute atomic E-state index is 0.0147. The van der Waals surface area contributed by atoms with E-state index in [0.717, 1.165) is 24.8 Å². The summed E-state index contributed by atoms with van der Waals surface area (Å²) >= 11 is 0. The molecule has 5 rings (SSSR count). The summed E-state index contributed by atoms with van der Waals surface area (Å²) < 4.78 is 0. The van der Waals surface area contributed by atoms with Gasteiger partial charge in [0.1, 0.15) is 0 Å². The molecule has 0 aliphatic heterocycles. The van der Waals surface area contributed by atoms with E-state index in [9.17, 15) is 20.4 Å². The number of allylic oxidation sites excluding steroid dienone is 1. The molecule has 4 N–H and O–H groups in total. The molecule has 0 spiro atoms. The summed E-state index contributed by atoms with van der Waals surface area (Å²) in [5.41, 5.74) is 0.885. The average Bonchev–Trinajstić information content (AvgIpc) is 3.33. The molecule has 5 aliphatic carbocycles. The molecule has 0 aromatic rings. The third-order valence-electron chi connectivity index (χ3n) is 12.9. The second kappa shape index (κ2) is 8.30. The van der Waals surface area contributed by atoms with Crippen LogP contribution in [0.5, 0.6) is 0 Å². The molecule has 4 heteroatoms. The predicted octanol–water partition coefficient (Wildman–Crippen LogP) is 4.79. The first-order valence-corrected chi connectivity index (χ1v) is 14.3. The summed E-state index contributed by atoms with van der Waals surface area (Å²) in [4.78, 5) is 0. The summed E-state index contributed by atoms with van der Waals surface area (Å²) in [5, 5.41) is 44.2. The highest BCUT2D eigenvalue weighted by Crippen LogP contribution is 2.71. The minimum Gasteiger partial charge on any atom is -0.396 e. The fourth-order valence-electron chi connectivity index (χ4n) is 10.5. The van der Waals surface area contributed by atoms with Crippen molar-refractivity contribution in [3.05, 3.63) is 11.6 Å². The summed E-state index contributed by atoms with van der Waals surface area (Å²) in [6, 6.07) is 0. The largest absolute Gasteiger partial charge is 0.396 e. The quantitative estimate of drug-likeness (QED) is 0.432. The van der Waals surface area contributed by atoms with E-state index in [4.69, 9.17) is 0 Å².